The maximum Gasteiger partial charge on any atom is 0.306 e. The molecule has 0 bridgehead atoms. The number of carbonyl (C=O) groups is 3. The van der Waals surface area contributed by atoms with Crippen LogP contribution in [0.3, 0.4) is 0 Å². The Balaban J connectivity index is 4.25. The highest BCUT2D eigenvalue weighted by atomic mass is 16.6. The highest BCUT2D eigenvalue weighted by molar-refractivity contribution is 5.71. The molecule has 1 unspecified atom stereocenters. The fraction of sp³-hybridized carbons (Fsp3) is 0.794. The molecule has 0 fully saturated rings. The molecule has 6 heteroatoms. The van der Waals surface area contributed by atoms with Gasteiger partial charge in [0, 0.05) is 19.3 Å². The summed E-state index contributed by atoms with van der Waals surface area (Å²) in [5.74, 6) is -0.902. The van der Waals surface area contributed by atoms with E-state index >= 15 is 0 Å². The fourth-order valence-corrected chi connectivity index (χ4v) is 8.55. The average Bonchev–Trinajstić information content (AvgIpc) is 3.35. The molecule has 6 nitrogen and oxygen atoms in total. The number of ether oxygens (including phenoxy) is 3. The molecule has 0 N–H and O–H groups in total. The number of esters is 3. The Kier molecular flexibility index (Phi) is 55.3. The van der Waals surface area contributed by atoms with Gasteiger partial charge in [0.15, 0.2) is 6.10 Å². The minimum atomic E-state index is -0.787. The lowest BCUT2D eigenvalue weighted by Gasteiger charge is -2.18. The first-order valence-corrected chi connectivity index (χ1v) is 29.8. The molecule has 1 atom stereocenters. The topological polar surface area (TPSA) is 78.9 Å². The van der Waals surface area contributed by atoms with E-state index in [9.17, 15) is 14.4 Å². The van der Waals surface area contributed by atoms with E-state index in [1.54, 1.807) is 0 Å². The molecule has 69 heavy (non-hydrogen) atoms. The number of hydrogen-bond donors (Lipinski definition) is 0. The van der Waals surface area contributed by atoms with Gasteiger partial charge in [0.25, 0.3) is 0 Å². The highest BCUT2D eigenvalue weighted by Gasteiger charge is 2.19. The van der Waals surface area contributed by atoms with E-state index in [1.807, 2.05) is 0 Å². The molecule has 0 aliphatic rings. The van der Waals surface area contributed by atoms with Gasteiger partial charge in [-0.25, -0.2) is 0 Å². The summed E-state index contributed by atoms with van der Waals surface area (Å²) in [5, 5.41) is 0. The number of carbonyl (C=O) groups excluding carboxylic acids is 3. The van der Waals surface area contributed by atoms with Gasteiger partial charge < -0.3 is 14.2 Å². The van der Waals surface area contributed by atoms with Crippen molar-refractivity contribution < 1.29 is 28.6 Å². The lowest BCUT2D eigenvalue weighted by molar-refractivity contribution is -0.167. The van der Waals surface area contributed by atoms with E-state index in [4.69, 9.17) is 14.2 Å². The first-order chi connectivity index (χ1) is 34.0. The Morgan fingerprint density at radius 3 is 0.899 bits per heavy atom. The van der Waals surface area contributed by atoms with E-state index in [-0.39, 0.29) is 31.1 Å². The molecule has 0 radical (unpaired) electrons. The molecule has 0 spiro atoms. The summed E-state index contributed by atoms with van der Waals surface area (Å²) in [6.45, 7) is 6.52. The monoisotopic (exact) mass is 965 g/mol. The van der Waals surface area contributed by atoms with Crippen LogP contribution in [0.4, 0.5) is 0 Å². The second-order valence-corrected chi connectivity index (χ2v) is 19.9. The normalized spacial score (nSPS) is 12.4. The Labute approximate surface area is 428 Å². The van der Waals surface area contributed by atoms with Crippen molar-refractivity contribution in [2.75, 3.05) is 13.2 Å². The van der Waals surface area contributed by atoms with Crippen molar-refractivity contribution >= 4 is 17.9 Å². The molecule has 0 rings (SSSR count). The quantitative estimate of drug-likeness (QED) is 0.0262. The average molecular weight is 966 g/mol. The summed E-state index contributed by atoms with van der Waals surface area (Å²) in [6, 6.07) is 0. The van der Waals surface area contributed by atoms with Gasteiger partial charge in [-0.2, -0.15) is 0 Å². The third-order valence-corrected chi connectivity index (χ3v) is 13.0. The van der Waals surface area contributed by atoms with E-state index in [0.29, 0.717) is 19.3 Å². The van der Waals surface area contributed by atoms with Gasteiger partial charge in [0.05, 0.1) is 0 Å². The molecule has 0 aliphatic carbocycles. The summed E-state index contributed by atoms with van der Waals surface area (Å²) in [7, 11) is 0. The zero-order chi connectivity index (χ0) is 50.0. The van der Waals surface area contributed by atoms with Crippen molar-refractivity contribution in [1.82, 2.24) is 0 Å². The lowest BCUT2D eigenvalue weighted by atomic mass is 10.0. The van der Waals surface area contributed by atoms with Crippen LogP contribution in [0.25, 0.3) is 0 Å². The minimum Gasteiger partial charge on any atom is -0.462 e. The van der Waals surface area contributed by atoms with Gasteiger partial charge in [-0.05, 0) is 83.5 Å². The molecule has 0 heterocycles. The van der Waals surface area contributed by atoms with Gasteiger partial charge in [0.1, 0.15) is 13.2 Å². The van der Waals surface area contributed by atoms with Crippen molar-refractivity contribution in [2.24, 2.45) is 0 Å². The molecular weight excluding hydrogens is 853 g/mol. The predicted molar refractivity (Wildman–Crippen MR) is 298 cm³/mol. The lowest BCUT2D eigenvalue weighted by Crippen LogP contribution is -2.30. The Bertz CT molecular complexity index is 1250. The third kappa shape index (κ3) is 55.9. The second-order valence-electron chi connectivity index (χ2n) is 19.9. The first-order valence-electron chi connectivity index (χ1n) is 29.8. The fourth-order valence-electron chi connectivity index (χ4n) is 8.55. The third-order valence-electron chi connectivity index (χ3n) is 13.0. The summed E-state index contributed by atoms with van der Waals surface area (Å²) in [4.78, 5) is 38.1. The predicted octanol–water partition coefficient (Wildman–Crippen LogP) is 20.0. The van der Waals surface area contributed by atoms with Crippen LogP contribution in [0.15, 0.2) is 60.8 Å². The van der Waals surface area contributed by atoms with Crippen LogP contribution >= 0.6 is 0 Å². The minimum absolute atomic E-state index is 0.0833. The van der Waals surface area contributed by atoms with Crippen LogP contribution in [0.1, 0.15) is 303 Å². The maximum absolute atomic E-state index is 12.8. The van der Waals surface area contributed by atoms with Crippen molar-refractivity contribution in [3.8, 4) is 0 Å². The molecule has 0 saturated carbocycles. The van der Waals surface area contributed by atoms with Gasteiger partial charge in [-0.1, -0.05) is 261 Å². The second kappa shape index (κ2) is 57.7. The smallest absolute Gasteiger partial charge is 0.306 e. The zero-order valence-corrected chi connectivity index (χ0v) is 45.8. The SMILES string of the molecule is CC/C=C\C/C=C\C/C=C\CCCCCC(=O)OC(COC(=O)CCCCCCCCCCCCCCC)COC(=O)CCCCCCCCCCCCCCC/C=C\C/C=C\CCCCCCC. The van der Waals surface area contributed by atoms with E-state index in [2.05, 4.69) is 81.5 Å². The van der Waals surface area contributed by atoms with Crippen molar-refractivity contribution in [3.63, 3.8) is 0 Å². The van der Waals surface area contributed by atoms with Crippen molar-refractivity contribution in [1.29, 1.82) is 0 Å². The number of rotatable bonds is 54. The molecule has 0 aromatic heterocycles. The van der Waals surface area contributed by atoms with Crippen LogP contribution in [0.5, 0.6) is 0 Å². The Morgan fingerprint density at radius 1 is 0.304 bits per heavy atom. The van der Waals surface area contributed by atoms with Gasteiger partial charge in [-0.15, -0.1) is 0 Å². The van der Waals surface area contributed by atoms with E-state index in [0.717, 1.165) is 89.9 Å². The summed E-state index contributed by atoms with van der Waals surface area (Å²) >= 11 is 0. The summed E-state index contributed by atoms with van der Waals surface area (Å²) < 4.78 is 16.8. The van der Waals surface area contributed by atoms with E-state index < -0.39 is 6.10 Å². The van der Waals surface area contributed by atoms with Crippen molar-refractivity contribution in [2.45, 2.75) is 309 Å². The van der Waals surface area contributed by atoms with Crippen LogP contribution in [0.2, 0.25) is 0 Å². The van der Waals surface area contributed by atoms with Crippen LogP contribution in [-0.2, 0) is 28.6 Å². The first kappa shape index (κ1) is 66.1. The van der Waals surface area contributed by atoms with E-state index in [1.165, 1.54) is 173 Å². The number of unbranched alkanes of at least 4 members (excludes halogenated alkanes) is 33. The summed E-state index contributed by atoms with van der Waals surface area (Å²) in [5.41, 5.74) is 0. The van der Waals surface area contributed by atoms with Gasteiger partial charge >= 0.3 is 17.9 Å². The number of allylic oxidation sites excluding steroid dienone is 10. The Morgan fingerprint density at radius 2 is 0.565 bits per heavy atom. The molecule has 400 valence electrons. The molecule has 0 aromatic rings. The Hall–Kier alpha value is -2.89. The highest BCUT2D eigenvalue weighted by Crippen LogP contribution is 2.16. The summed E-state index contributed by atoms with van der Waals surface area (Å²) in [6.07, 6.45) is 72.3. The maximum atomic E-state index is 12.8. The largest absolute Gasteiger partial charge is 0.462 e. The standard InChI is InChI=1S/C63H112O6/c1-4-7-10-13-16-19-22-25-26-27-28-29-30-31-32-33-34-35-36-39-41-44-47-50-53-56-62(65)68-59-60(69-63(66)57-54-51-48-45-42-38-24-21-18-15-12-9-6-3)58-67-61(64)55-52-49-46-43-40-37-23-20-17-14-11-8-5-2/h9,12,18,21-22,25,27-28,38,42,60H,4-8,10-11,13-17,19-20,23-24,26,29-37,39-41,43-59H2,1-3H3/b12-9-,21-18-,25-22-,28-27-,42-38-. The van der Waals surface area contributed by atoms with Gasteiger partial charge in [0.2, 0.25) is 0 Å². The molecular formula is C63H112O6. The number of hydrogen-bond acceptors (Lipinski definition) is 6. The van der Waals surface area contributed by atoms with Gasteiger partial charge in [-0.3, -0.25) is 14.4 Å². The molecule has 0 aliphatic heterocycles. The molecule has 0 aromatic carbocycles. The molecule has 0 saturated heterocycles. The van der Waals surface area contributed by atoms with Crippen LogP contribution in [-0.4, -0.2) is 37.2 Å². The van der Waals surface area contributed by atoms with Crippen LogP contribution in [0, 0.1) is 0 Å². The van der Waals surface area contributed by atoms with Crippen LogP contribution < -0.4 is 0 Å². The zero-order valence-electron chi connectivity index (χ0n) is 45.8. The van der Waals surface area contributed by atoms with Crippen molar-refractivity contribution in [3.05, 3.63) is 60.8 Å². The molecule has 0 amide bonds.